The number of ether oxygens (including phenoxy) is 1. The molecule has 5 heteroatoms. The van der Waals surface area contributed by atoms with Gasteiger partial charge in [-0.1, -0.05) is 0 Å². The molecule has 2 aliphatic heterocycles. The molecule has 0 amide bonds. The Morgan fingerprint density at radius 3 is 3.19 bits per heavy atom. The average molecular weight is 304 g/mol. The number of thiophene rings is 1. The monoisotopic (exact) mass is 304 g/mol. The molecule has 1 N–H and O–H groups in total. The van der Waals surface area contributed by atoms with Crippen LogP contribution < -0.4 is 4.90 Å². The van der Waals surface area contributed by atoms with Gasteiger partial charge in [-0.15, -0.1) is 11.3 Å². The van der Waals surface area contributed by atoms with Gasteiger partial charge in [-0.05, 0) is 36.8 Å². The van der Waals surface area contributed by atoms with E-state index >= 15 is 0 Å². The van der Waals surface area contributed by atoms with Crippen LogP contribution in [0.4, 0.5) is 5.69 Å². The molecule has 0 aromatic carbocycles. The number of aromatic nitrogens is 1. The maximum Gasteiger partial charge on any atom is 0.0830 e. The van der Waals surface area contributed by atoms with E-state index in [-0.39, 0.29) is 12.0 Å². The second kappa shape index (κ2) is 5.55. The van der Waals surface area contributed by atoms with Gasteiger partial charge in [-0.2, -0.15) is 0 Å². The summed E-state index contributed by atoms with van der Waals surface area (Å²) in [5.41, 5.74) is 2.35. The smallest absolute Gasteiger partial charge is 0.0830 e. The molecule has 2 saturated heterocycles. The SMILES string of the molecule is OC1CCOCC1C1CCCN1c1ccnc2ccsc12. The molecule has 0 aliphatic carbocycles. The van der Waals surface area contributed by atoms with E-state index in [1.165, 1.54) is 16.8 Å². The molecule has 2 fully saturated rings. The third kappa shape index (κ3) is 2.33. The van der Waals surface area contributed by atoms with Gasteiger partial charge in [0.15, 0.2) is 0 Å². The summed E-state index contributed by atoms with van der Waals surface area (Å²) in [5.74, 6) is 0.226. The minimum absolute atomic E-state index is 0.226. The molecule has 3 unspecified atom stereocenters. The zero-order valence-electron chi connectivity index (χ0n) is 11.9. The summed E-state index contributed by atoms with van der Waals surface area (Å²) in [4.78, 5) is 6.91. The summed E-state index contributed by atoms with van der Waals surface area (Å²) in [7, 11) is 0. The summed E-state index contributed by atoms with van der Waals surface area (Å²) in [6.07, 6.45) is 4.75. The Morgan fingerprint density at radius 2 is 2.29 bits per heavy atom. The zero-order chi connectivity index (χ0) is 14.2. The molecule has 3 atom stereocenters. The third-order valence-electron chi connectivity index (χ3n) is 4.79. The van der Waals surface area contributed by atoms with Crippen molar-refractivity contribution in [3.05, 3.63) is 23.7 Å². The molecular formula is C16H20N2O2S. The van der Waals surface area contributed by atoms with Gasteiger partial charge in [0.05, 0.1) is 28.6 Å². The maximum absolute atomic E-state index is 10.4. The Kier molecular flexibility index (Phi) is 3.57. The van der Waals surface area contributed by atoms with Crippen LogP contribution in [0.1, 0.15) is 19.3 Å². The van der Waals surface area contributed by atoms with Gasteiger partial charge in [0.25, 0.3) is 0 Å². The molecule has 0 spiro atoms. The predicted molar refractivity (Wildman–Crippen MR) is 84.9 cm³/mol. The van der Waals surface area contributed by atoms with E-state index in [0.717, 1.165) is 24.9 Å². The van der Waals surface area contributed by atoms with Crippen LogP contribution in [0.3, 0.4) is 0 Å². The van der Waals surface area contributed by atoms with Crippen LogP contribution in [0, 0.1) is 5.92 Å². The van der Waals surface area contributed by atoms with Crippen molar-refractivity contribution in [3.8, 4) is 0 Å². The van der Waals surface area contributed by atoms with Crippen LogP contribution in [0.5, 0.6) is 0 Å². The molecule has 0 bridgehead atoms. The van der Waals surface area contributed by atoms with E-state index in [1.807, 2.05) is 6.20 Å². The number of aliphatic hydroxyl groups is 1. The zero-order valence-corrected chi connectivity index (χ0v) is 12.8. The van der Waals surface area contributed by atoms with Gasteiger partial charge in [0, 0.05) is 31.3 Å². The van der Waals surface area contributed by atoms with Gasteiger partial charge >= 0.3 is 0 Å². The molecule has 4 heterocycles. The van der Waals surface area contributed by atoms with E-state index in [1.54, 1.807) is 11.3 Å². The minimum atomic E-state index is -0.231. The van der Waals surface area contributed by atoms with E-state index < -0.39 is 0 Å². The molecular weight excluding hydrogens is 284 g/mol. The standard InChI is InChI=1S/C16H20N2O2S/c19-15-4-8-20-10-11(15)13-2-1-7-18(13)14-3-6-17-12-5-9-21-16(12)14/h3,5-6,9,11,13,15,19H,1-2,4,7-8,10H2. The first kappa shape index (κ1) is 13.5. The Bertz CT molecular complexity index is 630. The maximum atomic E-state index is 10.4. The first-order valence-corrected chi connectivity index (χ1v) is 8.57. The lowest BCUT2D eigenvalue weighted by atomic mass is 9.89. The lowest BCUT2D eigenvalue weighted by Crippen LogP contribution is -2.46. The fourth-order valence-corrected chi connectivity index (χ4v) is 4.62. The molecule has 2 aromatic heterocycles. The topological polar surface area (TPSA) is 45.6 Å². The number of hydrogen-bond acceptors (Lipinski definition) is 5. The minimum Gasteiger partial charge on any atom is -0.393 e. The number of anilines is 1. The fraction of sp³-hybridized carbons (Fsp3) is 0.562. The fourth-order valence-electron chi connectivity index (χ4n) is 3.74. The quantitative estimate of drug-likeness (QED) is 0.926. The van der Waals surface area contributed by atoms with Gasteiger partial charge < -0.3 is 14.7 Å². The number of nitrogens with zero attached hydrogens (tertiary/aromatic N) is 2. The number of fused-ring (bicyclic) bond motifs is 1. The Morgan fingerprint density at radius 1 is 1.33 bits per heavy atom. The summed E-state index contributed by atoms with van der Waals surface area (Å²) in [6.45, 7) is 2.43. The molecule has 0 saturated carbocycles. The molecule has 112 valence electrons. The highest BCUT2D eigenvalue weighted by Crippen LogP contribution is 2.38. The lowest BCUT2D eigenvalue weighted by molar-refractivity contribution is -0.0437. The number of aliphatic hydroxyl groups excluding tert-OH is 1. The molecule has 0 radical (unpaired) electrons. The van der Waals surface area contributed by atoms with Crippen LogP contribution in [0.15, 0.2) is 23.7 Å². The second-order valence-corrected chi connectivity index (χ2v) is 6.88. The summed E-state index contributed by atoms with van der Waals surface area (Å²) >= 11 is 1.75. The predicted octanol–water partition coefficient (Wildman–Crippen LogP) is 2.66. The van der Waals surface area contributed by atoms with E-state index in [0.29, 0.717) is 19.3 Å². The summed E-state index contributed by atoms with van der Waals surface area (Å²) in [6, 6.07) is 4.58. The average Bonchev–Trinajstić information content (AvgIpc) is 3.16. The second-order valence-electron chi connectivity index (χ2n) is 5.96. The molecule has 4 nitrogen and oxygen atoms in total. The molecule has 4 rings (SSSR count). The Labute approximate surface area is 128 Å². The normalized spacial score (nSPS) is 30.1. The van der Waals surface area contributed by atoms with Crippen molar-refractivity contribution >= 4 is 27.2 Å². The van der Waals surface area contributed by atoms with Crippen molar-refractivity contribution in [3.63, 3.8) is 0 Å². The number of rotatable bonds is 2. The van der Waals surface area contributed by atoms with Gasteiger partial charge in [-0.3, -0.25) is 4.98 Å². The summed E-state index contributed by atoms with van der Waals surface area (Å²) < 4.78 is 6.89. The van der Waals surface area contributed by atoms with E-state index in [2.05, 4.69) is 27.4 Å². The van der Waals surface area contributed by atoms with Gasteiger partial charge in [0.1, 0.15) is 0 Å². The van der Waals surface area contributed by atoms with Crippen LogP contribution in [0.25, 0.3) is 10.2 Å². The van der Waals surface area contributed by atoms with Crippen LogP contribution >= 0.6 is 11.3 Å². The van der Waals surface area contributed by atoms with Crippen LogP contribution in [-0.4, -0.2) is 42.0 Å². The molecule has 21 heavy (non-hydrogen) atoms. The lowest BCUT2D eigenvalue weighted by Gasteiger charge is -2.38. The molecule has 2 aliphatic rings. The van der Waals surface area contributed by atoms with Crippen molar-refractivity contribution in [2.24, 2.45) is 5.92 Å². The third-order valence-corrected chi connectivity index (χ3v) is 5.71. The number of pyridine rings is 1. The largest absolute Gasteiger partial charge is 0.393 e. The molecule has 2 aromatic rings. The van der Waals surface area contributed by atoms with E-state index in [4.69, 9.17) is 4.74 Å². The van der Waals surface area contributed by atoms with Crippen LogP contribution in [-0.2, 0) is 4.74 Å². The van der Waals surface area contributed by atoms with Crippen LogP contribution in [0.2, 0.25) is 0 Å². The van der Waals surface area contributed by atoms with E-state index in [9.17, 15) is 5.11 Å². The highest BCUT2D eigenvalue weighted by Gasteiger charge is 2.38. The van der Waals surface area contributed by atoms with Crippen molar-refractivity contribution < 1.29 is 9.84 Å². The first-order chi connectivity index (χ1) is 10.3. The van der Waals surface area contributed by atoms with Crippen molar-refractivity contribution in [2.45, 2.75) is 31.4 Å². The number of hydrogen-bond donors (Lipinski definition) is 1. The Hall–Kier alpha value is -1.17. The summed E-state index contributed by atoms with van der Waals surface area (Å²) in [5, 5.41) is 12.5. The first-order valence-electron chi connectivity index (χ1n) is 7.69. The van der Waals surface area contributed by atoms with Crippen molar-refractivity contribution in [1.29, 1.82) is 0 Å². The highest BCUT2D eigenvalue weighted by atomic mass is 32.1. The van der Waals surface area contributed by atoms with Crippen molar-refractivity contribution in [2.75, 3.05) is 24.7 Å². The van der Waals surface area contributed by atoms with Gasteiger partial charge in [-0.25, -0.2) is 0 Å². The highest BCUT2D eigenvalue weighted by molar-refractivity contribution is 7.17. The van der Waals surface area contributed by atoms with Crippen molar-refractivity contribution in [1.82, 2.24) is 4.98 Å². The Balaban J connectivity index is 1.68. The van der Waals surface area contributed by atoms with Gasteiger partial charge in [0.2, 0.25) is 0 Å².